The Morgan fingerprint density at radius 3 is 2.82 bits per heavy atom. The van der Waals surface area contributed by atoms with E-state index in [1.165, 1.54) is 0 Å². The predicted molar refractivity (Wildman–Crippen MR) is 41.2 cm³/mol. The van der Waals surface area contributed by atoms with E-state index in [0.717, 1.165) is 6.42 Å². The lowest BCUT2D eigenvalue weighted by Crippen LogP contribution is -2.52. The van der Waals surface area contributed by atoms with Gasteiger partial charge in [-0.2, -0.15) is 0 Å². The largest absolute Gasteiger partial charge is 0.376 e. The van der Waals surface area contributed by atoms with Crippen LogP contribution in [0.25, 0.3) is 0 Å². The second-order valence-corrected chi connectivity index (χ2v) is 3.17. The maximum absolute atomic E-state index is 10.6. The Bertz CT molecular complexity index is 172. The van der Waals surface area contributed by atoms with Crippen LogP contribution < -0.4 is 11.1 Å². The molecule has 3 N–H and O–H groups in total. The summed E-state index contributed by atoms with van der Waals surface area (Å²) in [7, 11) is 0. The Labute approximate surface area is 66.1 Å². The minimum Gasteiger partial charge on any atom is -0.376 e. The summed E-state index contributed by atoms with van der Waals surface area (Å²) in [6, 6.07) is -0.482. The number of carbonyl (C=O) groups is 1. The molecule has 0 saturated carbocycles. The fourth-order valence-electron chi connectivity index (χ4n) is 1.28. The molecular formula is C7H14N2O2. The maximum Gasteiger partial charge on any atom is 0.312 e. The summed E-state index contributed by atoms with van der Waals surface area (Å²) in [5.41, 5.74) is 4.74. The standard InChI is InChI=1S/C7H14N2O2/c1-5-7(2,3-4-11-5)9-6(8)10/h5H,3-4H2,1-2H3,(H3,8,9,10). The normalized spacial score (nSPS) is 37.1. The molecule has 11 heavy (non-hydrogen) atoms. The van der Waals surface area contributed by atoms with Gasteiger partial charge in [-0.25, -0.2) is 4.79 Å². The SMILES string of the molecule is CC1OCCC1(C)NC(N)=O. The van der Waals surface area contributed by atoms with Gasteiger partial charge in [0, 0.05) is 6.61 Å². The van der Waals surface area contributed by atoms with E-state index in [-0.39, 0.29) is 11.6 Å². The molecule has 4 heteroatoms. The molecule has 0 radical (unpaired) electrons. The Kier molecular flexibility index (Phi) is 2.04. The molecule has 1 heterocycles. The Balaban J connectivity index is 2.58. The van der Waals surface area contributed by atoms with Crippen molar-refractivity contribution in [2.45, 2.75) is 31.9 Å². The fraction of sp³-hybridized carbons (Fsp3) is 0.857. The lowest BCUT2D eigenvalue weighted by atomic mass is 9.95. The molecule has 2 atom stereocenters. The summed E-state index contributed by atoms with van der Waals surface area (Å²) in [6.07, 6.45) is 0.881. The van der Waals surface area contributed by atoms with Crippen LogP contribution in [0.15, 0.2) is 0 Å². The highest BCUT2D eigenvalue weighted by Crippen LogP contribution is 2.24. The summed E-state index contributed by atoms with van der Waals surface area (Å²) in [5, 5.41) is 2.68. The van der Waals surface area contributed by atoms with Gasteiger partial charge in [0.05, 0.1) is 11.6 Å². The van der Waals surface area contributed by atoms with Crippen LogP contribution in [0, 0.1) is 0 Å². The third kappa shape index (κ3) is 1.63. The smallest absolute Gasteiger partial charge is 0.312 e. The molecule has 4 nitrogen and oxygen atoms in total. The summed E-state index contributed by atoms with van der Waals surface area (Å²) in [6.45, 7) is 4.57. The molecule has 1 aliphatic rings. The van der Waals surface area contributed by atoms with Crippen LogP contribution in [-0.4, -0.2) is 24.3 Å². The number of nitrogens with two attached hydrogens (primary N) is 1. The van der Waals surface area contributed by atoms with E-state index in [1.54, 1.807) is 0 Å². The van der Waals surface area contributed by atoms with E-state index in [2.05, 4.69) is 5.32 Å². The minimum absolute atomic E-state index is 0.0509. The van der Waals surface area contributed by atoms with Crippen LogP contribution in [0.2, 0.25) is 0 Å². The first kappa shape index (κ1) is 8.33. The van der Waals surface area contributed by atoms with E-state index >= 15 is 0 Å². The molecule has 0 spiro atoms. The van der Waals surface area contributed by atoms with Gasteiger partial charge in [-0.1, -0.05) is 0 Å². The van der Waals surface area contributed by atoms with Gasteiger partial charge >= 0.3 is 6.03 Å². The molecule has 0 aromatic heterocycles. The Hall–Kier alpha value is -0.770. The summed E-state index contributed by atoms with van der Waals surface area (Å²) in [4.78, 5) is 10.6. The number of hydrogen-bond donors (Lipinski definition) is 2. The maximum atomic E-state index is 10.6. The number of urea groups is 1. The highest BCUT2D eigenvalue weighted by atomic mass is 16.5. The van der Waals surface area contributed by atoms with Gasteiger partial charge < -0.3 is 15.8 Å². The zero-order valence-electron chi connectivity index (χ0n) is 6.89. The van der Waals surface area contributed by atoms with E-state index in [4.69, 9.17) is 10.5 Å². The topological polar surface area (TPSA) is 64.3 Å². The molecule has 1 aliphatic heterocycles. The molecule has 0 aromatic rings. The fourth-order valence-corrected chi connectivity index (χ4v) is 1.28. The van der Waals surface area contributed by atoms with Crippen LogP contribution in [0.3, 0.4) is 0 Å². The predicted octanol–water partition coefficient (Wildman–Crippen LogP) is 0.222. The van der Waals surface area contributed by atoms with Gasteiger partial charge in [0.2, 0.25) is 0 Å². The molecule has 1 fully saturated rings. The lowest BCUT2D eigenvalue weighted by molar-refractivity contribution is 0.0917. The zero-order valence-corrected chi connectivity index (χ0v) is 6.89. The second-order valence-electron chi connectivity index (χ2n) is 3.17. The number of hydrogen-bond acceptors (Lipinski definition) is 2. The number of rotatable bonds is 1. The van der Waals surface area contributed by atoms with Gasteiger partial charge in [0.15, 0.2) is 0 Å². The third-order valence-electron chi connectivity index (χ3n) is 2.30. The molecule has 64 valence electrons. The van der Waals surface area contributed by atoms with Gasteiger partial charge in [-0.3, -0.25) is 0 Å². The monoisotopic (exact) mass is 158 g/mol. The Morgan fingerprint density at radius 1 is 1.82 bits per heavy atom. The average Bonchev–Trinajstić information content (AvgIpc) is 2.11. The molecule has 2 amide bonds. The van der Waals surface area contributed by atoms with Crippen molar-refractivity contribution in [3.8, 4) is 0 Å². The summed E-state index contributed by atoms with van der Waals surface area (Å²) >= 11 is 0. The molecule has 2 unspecified atom stereocenters. The van der Waals surface area contributed by atoms with Crippen molar-refractivity contribution in [1.29, 1.82) is 0 Å². The zero-order chi connectivity index (χ0) is 8.48. The van der Waals surface area contributed by atoms with Crippen LogP contribution in [0.4, 0.5) is 4.79 Å². The van der Waals surface area contributed by atoms with Crippen molar-refractivity contribution in [3.63, 3.8) is 0 Å². The third-order valence-corrected chi connectivity index (χ3v) is 2.30. The quantitative estimate of drug-likeness (QED) is 0.573. The summed E-state index contributed by atoms with van der Waals surface area (Å²) < 4.78 is 5.30. The first-order chi connectivity index (χ1) is 5.04. The van der Waals surface area contributed by atoms with E-state index in [1.807, 2.05) is 13.8 Å². The van der Waals surface area contributed by atoms with Gasteiger partial charge in [0.1, 0.15) is 0 Å². The van der Waals surface area contributed by atoms with Crippen LogP contribution in [-0.2, 0) is 4.74 Å². The highest BCUT2D eigenvalue weighted by Gasteiger charge is 2.37. The van der Waals surface area contributed by atoms with Crippen molar-refractivity contribution in [2.75, 3.05) is 6.61 Å². The van der Waals surface area contributed by atoms with Crippen molar-refractivity contribution < 1.29 is 9.53 Å². The molecule has 1 saturated heterocycles. The van der Waals surface area contributed by atoms with Crippen molar-refractivity contribution in [1.82, 2.24) is 5.32 Å². The van der Waals surface area contributed by atoms with E-state index < -0.39 is 6.03 Å². The number of carbonyl (C=O) groups excluding carboxylic acids is 1. The molecule has 0 aliphatic carbocycles. The van der Waals surface area contributed by atoms with Crippen molar-refractivity contribution >= 4 is 6.03 Å². The number of ether oxygens (including phenoxy) is 1. The van der Waals surface area contributed by atoms with Gasteiger partial charge in [-0.15, -0.1) is 0 Å². The minimum atomic E-state index is -0.482. The van der Waals surface area contributed by atoms with Gasteiger partial charge in [-0.05, 0) is 20.3 Å². The average molecular weight is 158 g/mol. The van der Waals surface area contributed by atoms with Crippen molar-refractivity contribution in [2.24, 2.45) is 5.73 Å². The summed E-state index contributed by atoms with van der Waals surface area (Å²) in [5.74, 6) is 0. The second kappa shape index (κ2) is 2.70. The van der Waals surface area contributed by atoms with E-state index in [9.17, 15) is 4.79 Å². The number of amides is 2. The van der Waals surface area contributed by atoms with Gasteiger partial charge in [0.25, 0.3) is 0 Å². The number of nitrogens with one attached hydrogen (secondary N) is 1. The van der Waals surface area contributed by atoms with Crippen LogP contribution >= 0.6 is 0 Å². The van der Waals surface area contributed by atoms with Crippen LogP contribution in [0.5, 0.6) is 0 Å². The first-order valence-electron chi connectivity index (χ1n) is 3.74. The Morgan fingerprint density at radius 2 is 2.45 bits per heavy atom. The van der Waals surface area contributed by atoms with E-state index in [0.29, 0.717) is 6.61 Å². The molecular weight excluding hydrogens is 144 g/mol. The lowest BCUT2D eigenvalue weighted by Gasteiger charge is -2.27. The molecule has 0 aromatic carbocycles. The molecule has 0 bridgehead atoms. The van der Waals surface area contributed by atoms with Crippen molar-refractivity contribution in [3.05, 3.63) is 0 Å². The van der Waals surface area contributed by atoms with Crippen LogP contribution in [0.1, 0.15) is 20.3 Å². The molecule has 1 rings (SSSR count). The highest BCUT2D eigenvalue weighted by molar-refractivity contribution is 5.72. The number of primary amides is 1. The first-order valence-corrected chi connectivity index (χ1v) is 3.74.